The Morgan fingerprint density at radius 2 is 2.00 bits per heavy atom. The van der Waals surface area contributed by atoms with E-state index in [0.29, 0.717) is 12.5 Å². The standard InChI is InChI=1S/C11H17BrN2O/c1-9(2)10(12)11(15)13-5-8-14-6-3-4-7-14/h3-4,6-7,9-10H,5,8H2,1-2H3,(H,13,15). The highest BCUT2D eigenvalue weighted by Gasteiger charge is 2.17. The molecular formula is C11H17BrN2O. The number of hydrogen-bond acceptors (Lipinski definition) is 1. The summed E-state index contributed by atoms with van der Waals surface area (Å²) in [7, 11) is 0. The maximum atomic E-state index is 11.5. The molecule has 84 valence electrons. The predicted molar refractivity (Wildman–Crippen MR) is 65.0 cm³/mol. The van der Waals surface area contributed by atoms with E-state index in [0.717, 1.165) is 6.54 Å². The summed E-state index contributed by atoms with van der Waals surface area (Å²) in [4.78, 5) is 11.5. The molecule has 0 aliphatic rings. The molecule has 0 aromatic carbocycles. The van der Waals surface area contributed by atoms with Crippen LogP contribution in [0.4, 0.5) is 0 Å². The first-order valence-electron chi connectivity index (χ1n) is 5.14. The van der Waals surface area contributed by atoms with Crippen molar-refractivity contribution >= 4 is 21.8 Å². The van der Waals surface area contributed by atoms with Crippen molar-refractivity contribution < 1.29 is 4.79 Å². The third-order valence-electron chi connectivity index (χ3n) is 2.17. The minimum Gasteiger partial charge on any atom is -0.353 e. The Morgan fingerprint density at radius 3 is 2.53 bits per heavy atom. The van der Waals surface area contributed by atoms with Gasteiger partial charge in [0, 0.05) is 25.5 Å². The van der Waals surface area contributed by atoms with Gasteiger partial charge in [0.15, 0.2) is 0 Å². The SMILES string of the molecule is CC(C)C(Br)C(=O)NCCn1cccc1. The van der Waals surface area contributed by atoms with Gasteiger partial charge in [0.2, 0.25) is 5.91 Å². The Bertz CT molecular complexity index is 296. The lowest BCUT2D eigenvalue weighted by molar-refractivity contribution is -0.121. The Hall–Kier alpha value is -0.770. The second-order valence-corrected chi connectivity index (χ2v) is 4.84. The molecule has 1 heterocycles. The predicted octanol–water partition coefficient (Wildman–Crippen LogP) is 2.02. The molecule has 1 amide bonds. The summed E-state index contributed by atoms with van der Waals surface area (Å²) in [5.74, 6) is 0.383. The fourth-order valence-corrected chi connectivity index (χ4v) is 1.39. The van der Waals surface area contributed by atoms with E-state index in [1.54, 1.807) is 0 Å². The molecule has 1 aromatic rings. The van der Waals surface area contributed by atoms with Crippen LogP contribution in [0.2, 0.25) is 0 Å². The molecule has 0 aliphatic heterocycles. The maximum Gasteiger partial charge on any atom is 0.234 e. The average molecular weight is 273 g/mol. The molecule has 4 heteroatoms. The first-order valence-corrected chi connectivity index (χ1v) is 6.05. The molecule has 0 aliphatic carbocycles. The monoisotopic (exact) mass is 272 g/mol. The summed E-state index contributed by atoms with van der Waals surface area (Å²) in [5, 5.41) is 2.90. The van der Waals surface area contributed by atoms with E-state index in [9.17, 15) is 4.79 Å². The van der Waals surface area contributed by atoms with Crippen molar-refractivity contribution in [2.45, 2.75) is 25.2 Å². The molecule has 0 radical (unpaired) electrons. The van der Waals surface area contributed by atoms with Crippen molar-refractivity contribution in [3.63, 3.8) is 0 Å². The Balaban J connectivity index is 2.23. The summed E-state index contributed by atoms with van der Waals surface area (Å²) < 4.78 is 2.04. The quantitative estimate of drug-likeness (QED) is 0.818. The average Bonchev–Trinajstić information content (AvgIpc) is 2.69. The zero-order valence-corrected chi connectivity index (χ0v) is 10.7. The van der Waals surface area contributed by atoms with E-state index in [-0.39, 0.29) is 10.7 Å². The Morgan fingerprint density at radius 1 is 1.40 bits per heavy atom. The van der Waals surface area contributed by atoms with Gasteiger partial charge in [0.05, 0.1) is 4.83 Å². The molecule has 15 heavy (non-hydrogen) atoms. The van der Waals surface area contributed by atoms with Gasteiger partial charge in [0.25, 0.3) is 0 Å². The third kappa shape index (κ3) is 4.08. The molecule has 1 rings (SSSR count). The van der Waals surface area contributed by atoms with Crippen LogP contribution >= 0.6 is 15.9 Å². The van der Waals surface area contributed by atoms with E-state index < -0.39 is 0 Å². The number of hydrogen-bond donors (Lipinski definition) is 1. The summed E-state index contributed by atoms with van der Waals surface area (Å²) in [6.07, 6.45) is 3.97. The van der Waals surface area contributed by atoms with Gasteiger partial charge in [-0.15, -0.1) is 0 Å². The van der Waals surface area contributed by atoms with Gasteiger partial charge in [-0.3, -0.25) is 4.79 Å². The summed E-state index contributed by atoms with van der Waals surface area (Å²) in [6, 6.07) is 3.95. The number of carbonyl (C=O) groups excluding carboxylic acids is 1. The van der Waals surface area contributed by atoms with E-state index in [2.05, 4.69) is 21.2 Å². The lowest BCUT2D eigenvalue weighted by Crippen LogP contribution is -2.35. The molecule has 1 N–H and O–H groups in total. The van der Waals surface area contributed by atoms with Crippen LogP contribution in [0.5, 0.6) is 0 Å². The molecule has 1 atom stereocenters. The lowest BCUT2D eigenvalue weighted by atomic mass is 10.1. The van der Waals surface area contributed by atoms with Crippen LogP contribution in [0.1, 0.15) is 13.8 Å². The third-order valence-corrected chi connectivity index (χ3v) is 3.64. The van der Waals surface area contributed by atoms with Crippen molar-refractivity contribution in [3.8, 4) is 0 Å². The van der Waals surface area contributed by atoms with E-state index >= 15 is 0 Å². The molecule has 0 saturated heterocycles. The number of amides is 1. The van der Waals surface area contributed by atoms with Crippen molar-refractivity contribution in [3.05, 3.63) is 24.5 Å². The van der Waals surface area contributed by atoms with Gasteiger partial charge in [-0.1, -0.05) is 29.8 Å². The molecule has 1 unspecified atom stereocenters. The van der Waals surface area contributed by atoms with Crippen LogP contribution in [0.25, 0.3) is 0 Å². The van der Waals surface area contributed by atoms with Gasteiger partial charge < -0.3 is 9.88 Å². The van der Waals surface area contributed by atoms with Crippen LogP contribution in [0, 0.1) is 5.92 Å². The summed E-state index contributed by atoms with van der Waals surface area (Å²) in [6.45, 7) is 5.52. The molecule has 0 spiro atoms. The molecular weight excluding hydrogens is 256 g/mol. The van der Waals surface area contributed by atoms with Gasteiger partial charge in [-0.05, 0) is 18.1 Å². The van der Waals surface area contributed by atoms with E-state index in [1.165, 1.54) is 0 Å². The Kier molecular flexibility index (Phi) is 4.88. The second kappa shape index (κ2) is 5.95. The van der Waals surface area contributed by atoms with Crippen LogP contribution in [-0.4, -0.2) is 21.8 Å². The van der Waals surface area contributed by atoms with Gasteiger partial charge >= 0.3 is 0 Å². The largest absolute Gasteiger partial charge is 0.353 e. The number of alkyl halides is 1. The van der Waals surface area contributed by atoms with Gasteiger partial charge in [-0.2, -0.15) is 0 Å². The van der Waals surface area contributed by atoms with E-state index in [1.807, 2.05) is 42.9 Å². The molecule has 0 saturated carbocycles. The number of aromatic nitrogens is 1. The number of rotatable bonds is 5. The fraction of sp³-hybridized carbons (Fsp3) is 0.545. The zero-order valence-electron chi connectivity index (χ0n) is 9.11. The van der Waals surface area contributed by atoms with Crippen LogP contribution in [-0.2, 0) is 11.3 Å². The lowest BCUT2D eigenvalue weighted by Gasteiger charge is -2.13. The Labute approximate surface area is 99.0 Å². The highest BCUT2D eigenvalue weighted by atomic mass is 79.9. The minimum absolute atomic E-state index is 0.0668. The number of nitrogens with zero attached hydrogens (tertiary/aromatic N) is 1. The smallest absolute Gasteiger partial charge is 0.234 e. The fourth-order valence-electron chi connectivity index (χ4n) is 1.23. The first-order chi connectivity index (χ1) is 7.11. The minimum atomic E-state index is -0.0952. The summed E-state index contributed by atoms with van der Waals surface area (Å²) >= 11 is 3.37. The molecule has 0 bridgehead atoms. The number of halogens is 1. The van der Waals surface area contributed by atoms with Crippen molar-refractivity contribution in [2.75, 3.05) is 6.54 Å². The maximum absolute atomic E-state index is 11.5. The normalized spacial score (nSPS) is 12.8. The van der Waals surface area contributed by atoms with Gasteiger partial charge in [-0.25, -0.2) is 0 Å². The van der Waals surface area contributed by atoms with E-state index in [4.69, 9.17) is 0 Å². The van der Waals surface area contributed by atoms with Crippen molar-refractivity contribution in [2.24, 2.45) is 5.92 Å². The number of nitrogens with one attached hydrogen (secondary N) is 1. The van der Waals surface area contributed by atoms with Crippen LogP contribution in [0.15, 0.2) is 24.5 Å². The highest BCUT2D eigenvalue weighted by molar-refractivity contribution is 9.10. The van der Waals surface area contributed by atoms with Crippen LogP contribution < -0.4 is 5.32 Å². The van der Waals surface area contributed by atoms with Crippen LogP contribution in [0.3, 0.4) is 0 Å². The zero-order chi connectivity index (χ0) is 11.3. The highest BCUT2D eigenvalue weighted by Crippen LogP contribution is 2.11. The second-order valence-electron chi connectivity index (χ2n) is 3.86. The van der Waals surface area contributed by atoms with Gasteiger partial charge in [0.1, 0.15) is 0 Å². The van der Waals surface area contributed by atoms with Crippen molar-refractivity contribution in [1.29, 1.82) is 0 Å². The molecule has 0 fully saturated rings. The summed E-state index contributed by atoms with van der Waals surface area (Å²) in [5.41, 5.74) is 0. The molecule has 1 aromatic heterocycles. The topological polar surface area (TPSA) is 34.0 Å². The number of carbonyl (C=O) groups is 1. The molecule has 3 nitrogen and oxygen atoms in total. The first kappa shape index (κ1) is 12.3. The van der Waals surface area contributed by atoms with Crippen molar-refractivity contribution in [1.82, 2.24) is 9.88 Å².